The summed E-state index contributed by atoms with van der Waals surface area (Å²) in [5.41, 5.74) is 3.22. The molecule has 0 radical (unpaired) electrons. The third-order valence-corrected chi connectivity index (χ3v) is 6.36. The van der Waals surface area contributed by atoms with Gasteiger partial charge < -0.3 is 4.74 Å². The lowest BCUT2D eigenvalue weighted by Gasteiger charge is -2.26. The Labute approximate surface area is 202 Å². The van der Waals surface area contributed by atoms with Gasteiger partial charge in [-0.1, -0.05) is 55.9 Å². The number of hydrogen-bond acceptors (Lipinski definition) is 1. The lowest BCUT2D eigenvalue weighted by molar-refractivity contribution is -0.304. The van der Waals surface area contributed by atoms with Gasteiger partial charge in [-0.3, -0.25) is 0 Å². The maximum atomic E-state index is 13.4. The van der Waals surface area contributed by atoms with E-state index < -0.39 is 24.2 Å². The van der Waals surface area contributed by atoms with Gasteiger partial charge in [-0.05, 0) is 79.8 Å². The SMILES string of the molecule is CCCCCc1ccc(C#CC2CCC(c3ccc(OC(F)(F)C(F)C(F)(F)F)cc3)CC2)cc1. The van der Waals surface area contributed by atoms with E-state index in [1.807, 2.05) is 0 Å². The first-order valence-electron chi connectivity index (χ1n) is 12.1. The van der Waals surface area contributed by atoms with Crippen molar-refractivity contribution in [3.05, 3.63) is 65.2 Å². The van der Waals surface area contributed by atoms with Gasteiger partial charge in [0.15, 0.2) is 0 Å². The normalized spacial score (nSPS) is 19.5. The second kappa shape index (κ2) is 11.9. The Kier molecular flexibility index (Phi) is 9.15. The predicted octanol–water partition coefficient (Wildman–Crippen LogP) is 8.62. The van der Waals surface area contributed by atoms with E-state index in [0.29, 0.717) is 0 Å². The van der Waals surface area contributed by atoms with E-state index in [0.717, 1.165) is 55.4 Å². The average molecular weight is 497 g/mol. The van der Waals surface area contributed by atoms with Gasteiger partial charge in [0.2, 0.25) is 0 Å². The molecule has 2 aromatic rings. The molecule has 190 valence electrons. The first kappa shape index (κ1) is 27.0. The van der Waals surface area contributed by atoms with Gasteiger partial charge in [0, 0.05) is 11.5 Å². The standard InChI is InChI=1S/C28H30F6O/c1-2-3-4-5-20-6-8-21(9-7-20)10-11-22-12-14-23(15-13-22)24-16-18-25(19-17-24)35-28(33,34)26(29)27(30,31)32/h6-9,16-19,22-23,26H,2-5,12-15H2,1H3. The van der Waals surface area contributed by atoms with Crippen molar-refractivity contribution in [1.29, 1.82) is 0 Å². The van der Waals surface area contributed by atoms with Crippen molar-refractivity contribution in [2.24, 2.45) is 5.92 Å². The quantitative estimate of drug-likeness (QED) is 0.202. The topological polar surface area (TPSA) is 9.23 Å². The summed E-state index contributed by atoms with van der Waals surface area (Å²) in [6.45, 7) is 2.19. The van der Waals surface area contributed by atoms with E-state index in [9.17, 15) is 26.3 Å². The molecule has 0 spiro atoms. The monoisotopic (exact) mass is 496 g/mol. The van der Waals surface area contributed by atoms with E-state index in [4.69, 9.17) is 0 Å². The van der Waals surface area contributed by atoms with Crippen LogP contribution in [0.3, 0.4) is 0 Å². The van der Waals surface area contributed by atoms with Crippen LogP contribution in [0.25, 0.3) is 0 Å². The number of aryl methyl sites for hydroxylation is 1. The van der Waals surface area contributed by atoms with Crippen molar-refractivity contribution in [3.8, 4) is 17.6 Å². The zero-order valence-corrected chi connectivity index (χ0v) is 19.7. The van der Waals surface area contributed by atoms with Gasteiger partial charge in [-0.15, -0.1) is 0 Å². The second-order valence-corrected chi connectivity index (χ2v) is 9.11. The largest absolute Gasteiger partial charge is 0.439 e. The Morgan fingerprint density at radius 1 is 0.886 bits per heavy atom. The molecule has 7 heteroatoms. The maximum Gasteiger partial charge on any atom is 0.439 e. The second-order valence-electron chi connectivity index (χ2n) is 9.11. The van der Waals surface area contributed by atoms with Crippen molar-refractivity contribution >= 4 is 0 Å². The van der Waals surface area contributed by atoms with Crippen molar-refractivity contribution < 1.29 is 31.1 Å². The van der Waals surface area contributed by atoms with Crippen LogP contribution in [0.2, 0.25) is 0 Å². The number of alkyl halides is 6. The van der Waals surface area contributed by atoms with Crippen LogP contribution in [0.1, 0.15) is 74.5 Å². The van der Waals surface area contributed by atoms with Gasteiger partial charge in [-0.2, -0.15) is 22.0 Å². The van der Waals surface area contributed by atoms with Crippen molar-refractivity contribution in [2.45, 2.75) is 82.7 Å². The van der Waals surface area contributed by atoms with Gasteiger partial charge in [0.1, 0.15) is 5.75 Å². The molecule has 0 amide bonds. The lowest BCUT2D eigenvalue weighted by Crippen LogP contribution is -2.45. The molecule has 1 fully saturated rings. The van der Waals surface area contributed by atoms with E-state index in [2.05, 4.69) is 47.8 Å². The fourth-order valence-corrected chi connectivity index (χ4v) is 4.30. The van der Waals surface area contributed by atoms with Crippen LogP contribution in [-0.4, -0.2) is 18.5 Å². The highest BCUT2D eigenvalue weighted by Crippen LogP contribution is 2.38. The van der Waals surface area contributed by atoms with Crippen LogP contribution in [-0.2, 0) is 6.42 Å². The van der Waals surface area contributed by atoms with Crippen LogP contribution in [0.15, 0.2) is 48.5 Å². The fourth-order valence-electron chi connectivity index (χ4n) is 4.30. The smallest absolute Gasteiger partial charge is 0.430 e. The third kappa shape index (κ3) is 7.95. The first-order valence-corrected chi connectivity index (χ1v) is 12.1. The number of halogens is 6. The molecule has 0 aromatic heterocycles. The molecular weight excluding hydrogens is 466 g/mol. The van der Waals surface area contributed by atoms with Crippen molar-refractivity contribution in [2.75, 3.05) is 0 Å². The third-order valence-electron chi connectivity index (χ3n) is 6.36. The van der Waals surface area contributed by atoms with Crippen LogP contribution < -0.4 is 4.74 Å². The summed E-state index contributed by atoms with van der Waals surface area (Å²) in [6.07, 6.45) is -6.83. The molecule has 1 unspecified atom stereocenters. The highest BCUT2D eigenvalue weighted by molar-refractivity contribution is 5.37. The molecular formula is C28H30F6O. The van der Waals surface area contributed by atoms with Crippen LogP contribution >= 0.6 is 0 Å². The number of ether oxygens (including phenoxy) is 1. The van der Waals surface area contributed by atoms with Gasteiger partial charge in [0.05, 0.1) is 0 Å². The Balaban J connectivity index is 1.50. The van der Waals surface area contributed by atoms with Gasteiger partial charge >= 0.3 is 12.3 Å². The first-order chi connectivity index (χ1) is 16.6. The number of rotatable bonds is 8. The molecule has 1 aliphatic rings. The molecule has 0 bridgehead atoms. The minimum atomic E-state index is -5.71. The van der Waals surface area contributed by atoms with E-state index in [1.54, 1.807) is 12.1 Å². The van der Waals surface area contributed by atoms with E-state index in [1.165, 1.54) is 24.8 Å². The molecule has 3 rings (SSSR count). The summed E-state index contributed by atoms with van der Waals surface area (Å²) in [5.74, 6) is 6.59. The Bertz CT molecular complexity index is 977. The summed E-state index contributed by atoms with van der Waals surface area (Å²) < 4.78 is 80.7. The fraction of sp³-hybridized carbons (Fsp3) is 0.500. The molecule has 0 saturated heterocycles. The van der Waals surface area contributed by atoms with Crippen molar-refractivity contribution in [3.63, 3.8) is 0 Å². The van der Waals surface area contributed by atoms with Crippen molar-refractivity contribution in [1.82, 2.24) is 0 Å². The molecule has 35 heavy (non-hydrogen) atoms. The molecule has 1 aliphatic carbocycles. The molecule has 0 heterocycles. The Hall–Kier alpha value is -2.62. The molecule has 2 aromatic carbocycles. The number of unbranched alkanes of at least 4 members (excludes halogenated alkanes) is 2. The van der Waals surface area contributed by atoms with E-state index >= 15 is 0 Å². The predicted molar refractivity (Wildman–Crippen MR) is 124 cm³/mol. The molecule has 1 nitrogen and oxygen atoms in total. The summed E-state index contributed by atoms with van der Waals surface area (Å²) >= 11 is 0. The highest BCUT2D eigenvalue weighted by Gasteiger charge is 2.59. The minimum absolute atomic E-state index is 0.203. The van der Waals surface area contributed by atoms with E-state index in [-0.39, 0.29) is 11.8 Å². The number of hydrogen-bond donors (Lipinski definition) is 0. The Morgan fingerprint density at radius 2 is 1.51 bits per heavy atom. The molecule has 1 saturated carbocycles. The van der Waals surface area contributed by atoms with Gasteiger partial charge in [0.25, 0.3) is 6.17 Å². The maximum absolute atomic E-state index is 13.4. The lowest BCUT2D eigenvalue weighted by atomic mass is 9.79. The molecule has 0 N–H and O–H groups in total. The Morgan fingerprint density at radius 3 is 2.09 bits per heavy atom. The highest BCUT2D eigenvalue weighted by atomic mass is 19.4. The van der Waals surface area contributed by atoms with Crippen LogP contribution in [0.5, 0.6) is 5.75 Å². The van der Waals surface area contributed by atoms with Crippen LogP contribution in [0, 0.1) is 17.8 Å². The summed E-state index contributed by atoms with van der Waals surface area (Å²) in [7, 11) is 0. The zero-order chi connectivity index (χ0) is 25.5. The van der Waals surface area contributed by atoms with Crippen LogP contribution in [0.4, 0.5) is 26.3 Å². The summed E-state index contributed by atoms with van der Waals surface area (Å²) in [6, 6.07) is 13.8. The molecule has 0 aliphatic heterocycles. The van der Waals surface area contributed by atoms with Gasteiger partial charge in [-0.25, -0.2) is 4.39 Å². The minimum Gasteiger partial charge on any atom is -0.430 e. The summed E-state index contributed by atoms with van der Waals surface area (Å²) in [5, 5.41) is 0. The zero-order valence-electron chi connectivity index (χ0n) is 19.7. The molecule has 1 atom stereocenters. The summed E-state index contributed by atoms with van der Waals surface area (Å²) in [4.78, 5) is 0. The number of benzene rings is 2. The average Bonchev–Trinajstić information content (AvgIpc) is 2.83.